The molecule has 7 heteroatoms. The summed E-state index contributed by atoms with van der Waals surface area (Å²) in [5.74, 6) is 0.853. The SMILES string of the molecule is CC(C)(C)OC(=O)N1CCN(c2cccc(NCc3ccco3)c2N)CC1. The van der Waals surface area contributed by atoms with E-state index in [0.717, 1.165) is 17.1 Å². The largest absolute Gasteiger partial charge is 0.467 e. The number of furan rings is 1. The van der Waals surface area contributed by atoms with Gasteiger partial charge in [-0.3, -0.25) is 0 Å². The number of nitrogens with two attached hydrogens (primary N) is 1. The molecule has 1 saturated heterocycles. The monoisotopic (exact) mass is 372 g/mol. The van der Waals surface area contributed by atoms with Crippen LogP contribution >= 0.6 is 0 Å². The molecule has 1 aromatic carbocycles. The van der Waals surface area contributed by atoms with E-state index >= 15 is 0 Å². The van der Waals surface area contributed by atoms with Crippen molar-refractivity contribution in [2.45, 2.75) is 32.9 Å². The number of para-hydroxylation sites is 1. The molecular formula is C20H28N4O3. The first kappa shape index (κ1) is 18.9. The Morgan fingerprint density at radius 1 is 1.19 bits per heavy atom. The zero-order valence-electron chi connectivity index (χ0n) is 16.2. The van der Waals surface area contributed by atoms with Gasteiger partial charge < -0.3 is 30.0 Å². The minimum Gasteiger partial charge on any atom is -0.467 e. The highest BCUT2D eigenvalue weighted by molar-refractivity contribution is 5.81. The van der Waals surface area contributed by atoms with E-state index in [9.17, 15) is 4.79 Å². The minimum atomic E-state index is -0.480. The van der Waals surface area contributed by atoms with Gasteiger partial charge in [-0.15, -0.1) is 0 Å². The van der Waals surface area contributed by atoms with Crippen molar-refractivity contribution >= 4 is 23.2 Å². The van der Waals surface area contributed by atoms with E-state index < -0.39 is 5.60 Å². The number of rotatable bonds is 4. The zero-order chi connectivity index (χ0) is 19.4. The number of hydrogen-bond donors (Lipinski definition) is 2. The third-order valence-corrected chi connectivity index (χ3v) is 4.39. The van der Waals surface area contributed by atoms with Crippen LogP contribution in [0, 0.1) is 0 Å². The molecule has 0 aliphatic carbocycles. The van der Waals surface area contributed by atoms with Gasteiger partial charge in [-0.05, 0) is 45.0 Å². The van der Waals surface area contributed by atoms with Crippen LogP contribution < -0.4 is 16.0 Å². The van der Waals surface area contributed by atoms with Gasteiger partial charge >= 0.3 is 6.09 Å². The van der Waals surface area contributed by atoms with E-state index in [2.05, 4.69) is 10.2 Å². The van der Waals surface area contributed by atoms with Gasteiger partial charge in [-0.1, -0.05) is 6.07 Å². The second kappa shape index (κ2) is 7.82. The fourth-order valence-electron chi connectivity index (χ4n) is 3.03. The Labute approximate surface area is 160 Å². The number of nitrogens with zero attached hydrogens (tertiary/aromatic N) is 2. The molecule has 2 aromatic rings. The van der Waals surface area contributed by atoms with Crippen LogP contribution in [0.2, 0.25) is 0 Å². The summed E-state index contributed by atoms with van der Waals surface area (Å²) in [6, 6.07) is 9.73. The molecule has 0 spiro atoms. The summed E-state index contributed by atoms with van der Waals surface area (Å²) in [6.07, 6.45) is 1.39. The molecule has 0 unspecified atom stereocenters. The van der Waals surface area contributed by atoms with Crippen LogP contribution in [-0.2, 0) is 11.3 Å². The Balaban J connectivity index is 1.61. The van der Waals surface area contributed by atoms with Crippen molar-refractivity contribution in [1.29, 1.82) is 0 Å². The number of hydrogen-bond acceptors (Lipinski definition) is 6. The summed E-state index contributed by atoms with van der Waals surface area (Å²) in [7, 11) is 0. The third-order valence-electron chi connectivity index (χ3n) is 4.39. The number of ether oxygens (including phenoxy) is 1. The molecule has 146 valence electrons. The lowest BCUT2D eigenvalue weighted by Crippen LogP contribution is -2.50. The van der Waals surface area contributed by atoms with Crippen molar-refractivity contribution in [2.24, 2.45) is 0 Å². The second-order valence-corrected chi connectivity index (χ2v) is 7.63. The number of carbonyl (C=O) groups excluding carboxylic acids is 1. The van der Waals surface area contributed by atoms with Gasteiger partial charge in [0.25, 0.3) is 0 Å². The van der Waals surface area contributed by atoms with Crippen molar-refractivity contribution in [3.63, 3.8) is 0 Å². The van der Waals surface area contributed by atoms with Crippen LogP contribution in [0.25, 0.3) is 0 Å². The molecule has 3 rings (SSSR count). The predicted molar refractivity (Wildman–Crippen MR) is 107 cm³/mol. The van der Waals surface area contributed by atoms with Crippen molar-refractivity contribution in [2.75, 3.05) is 42.1 Å². The quantitative estimate of drug-likeness (QED) is 0.799. The van der Waals surface area contributed by atoms with E-state index in [0.29, 0.717) is 38.4 Å². The van der Waals surface area contributed by atoms with Gasteiger partial charge in [-0.2, -0.15) is 0 Å². The standard InChI is InChI=1S/C20H28N4O3/c1-20(2,3)27-19(25)24-11-9-23(10-12-24)17-8-4-7-16(18(17)21)22-14-15-6-5-13-26-15/h4-8,13,22H,9-12,14,21H2,1-3H3. The average molecular weight is 372 g/mol. The number of benzene rings is 1. The topological polar surface area (TPSA) is 84.0 Å². The molecule has 0 atom stereocenters. The van der Waals surface area contributed by atoms with Crippen molar-refractivity contribution in [1.82, 2.24) is 4.90 Å². The Bertz CT molecular complexity index is 760. The molecule has 1 amide bonds. The molecular weight excluding hydrogens is 344 g/mol. The van der Waals surface area contributed by atoms with Gasteiger partial charge in [0.2, 0.25) is 0 Å². The van der Waals surface area contributed by atoms with Crippen LogP contribution in [0.5, 0.6) is 0 Å². The highest BCUT2D eigenvalue weighted by atomic mass is 16.6. The number of carbonyl (C=O) groups is 1. The van der Waals surface area contributed by atoms with Crippen molar-refractivity contribution in [3.8, 4) is 0 Å². The van der Waals surface area contributed by atoms with Crippen molar-refractivity contribution in [3.05, 3.63) is 42.4 Å². The summed E-state index contributed by atoms with van der Waals surface area (Å²) in [5, 5.41) is 3.32. The maximum atomic E-state index is 12.2. The van der Waals surface area contributed by atoms with Crippen LogP contribution in [0.15, 0.2) is 41.0 Å². The first-order valence-electron chi connectivity index (χ1n) is 9.21. The van der Waals surface area contributed by atoms with Crippen LogP contribution in [0.1, 0.15) is 26.5 Å². The molecule has 0 radical (unpaired) electrons. The summed E-state index contributed by atoms with van der Waals surface area (Å²) in [6.45, 7) is 8.86. The molecule has 1 fully saturated rings. The normalized spacial score (nSPS) is 14.9. The molecule has 7 nitrogen and oxygen atoms in total. The zero-order valence-corrected chi connectivity index (χ0v) is 16.2. The number of anilines is 3. The molecule has 3 N–H and O–H groups in total. The van der Waals surface area contributed by atoms with Crippen LogP contribution in [0.4, 0.5) is 21.9 Å². The Kier molecular flexibility index (Phi) is 5.48. The van der Waals surface area contributed by atoms with Gasteiger partial charge in [-0.25, -0.2) is 4.79 Å². The smallest absolute Gasteiger partial charge is 0.410 e. The lowest BCUT2D eigenvalue weighted by Gasteiger charge is -2.37. The van der Waals surface area contributed by atoms with E-state index in [1.165, 1.54) is 0 Å². The average Bonchev–Trinajstić information content (AvgIpc) is 3.13. The molecule has 1 aromatic heterocycles. The fourth-order valence-corrected chi connectivity index (χ4v) is 3.03. The fraction of sp³-hybridized carbons (Fsp3) is 0.450. The highest BCUT2D eigenvalue weighted by Crippen LogP contribution is 2.31. The Hall–Kier alpha value is -2.83. The molecule has 1 aliphatic rings. The first-order valence-corrected chi connectivity index (χ1v) is 9.21. The molecule has 0 saturated carbocycles. The van der Waals surface area contributed by atoms with Crippen LogP contribution in [0.3, 0.4) is 0 Å². The minimum absolute atomic E-state index is 0.260. The van der Waals surface area contributed by atoms with Crippen LogP contribution in [-0.4, -0.2) is 42.8 Å². The number of nitrogens with one attached hydrogen (secondary N) is 1. The summed E-state index contributed by atoms with van der Waals surface area (Å²) in [5.41, 5.74) is 8.46. The van der Waals surface area contributed by atoms with E-state index in [1.807, 2.05) is 51.1 Å². The van der Waals surface area contributed by atoms with E-state index in [-0.39, 0.29) is 6.09 Å². The number of nitrogen functional groups attached to an aromatic ring is 1. The molecule has 27 heavy (non-hydrogen) atoms. The Morgan fingerprint density at radius 2 is 1.93 bits per heavy atom. The summed E-state index contributed by atoms with van der Waals surface area (Å²) in [4.78, 5) is 16.2. The first-order chi connectivity index (χ1) is 12.8. The van der Waals surface area contributed by atoms with Gasteiger partial charge in [0.15, 0.2) is 0 Å². The molecule has 0 bridgehead atoms. The maximum absolute atomic E-state index is 12.2. The van der Waals surface area contributed by atoms with Gasteiger partial charge in [0.1, 0.15) is 11.4 Å². The number of piperazine rings is 1. The van der Waals surface area contributed by atoms with Crippen molar-refractivity contribution < 1.29 is 13.9 Å². The summed E-state index contributed by atoms with van der Waals surface area (Å²) >= 11 is 0. The molecule has 1 aliphatic heterocycles. The second-order valence-electron chi connectivity index (χ2n) is 7.63. The molecule has 2 heterocycles. The van der Waals surface area contributed by atoms with Gasteiger partial charge in [0, 0.05) is 26.2 Å². The highest BCUT2D eigenvalue weighted by Gasteiger charge is 2.26. The third kappa shape index (κ3) is 4.87. The lowest BCUT2D eigenvalue weighted by atomic mass is 10.2. The van der Waals surface area contributed by atoms with E-state index in [4.69, 9.17) is 14.9 Å². The maximum Gasteiger partial charge on any atom is 0.410 e. The predicted octanol–water partition coefficient (Wildman–Crippen LogP) is 3.53. The van der Waals surface area contributed by atoms with Gasteiger partial charge in [0.05, 0.1) is 29.9 Å². The van der Waals surface area contributed by atoms with E-state index in [1.54, 1.807) is 11.2 Å². The summed E-state index contributed by atoms with van der Waals surface area (Å²) < 4.78 is 10.8. The lowest BCUT2D eigenvalue weighted by molar-refractivity contribution is 0.0240. The Morgan fingerprint density at radius 3 is 2.56 bits per heavy atom. The number of amides is 1.